The van der Waals surface area contributed by atoms with E-state index in [0.29, 0.717) is 22.5 Å². The highest BCUT2D eigenvalue weighted by Gasteiger charge is 2.21. The Labute approximate surface area is 207 Å². The molecular weight excluding hydrogens is 476 g/mol. The molecule has 5 aromatic rings. The summed E-state index contributed by atoms with van der Waals surface area (Å²) in [5.74, 6) is 0.206. The predicted octanol–water partition coefficient (Wildman–Crippen LogP) is 5.05. The monoisotopic (exact) mass is 498 g/mol. The van der Waals surface area contributed by atoms with Crippen LogP contribution in [-0.4, -0.2) is 30.0 Å². The van der Waals surface area contributed by atoms with Gasteiger partial charge in [-0.3, -0.25) is 10.7 Å². The summed E-state index contributed by atoms with van der Waals surface area (Å²) in [5, 5.41) is 22.0. The van der Waals surface area contributed by atoms with E-state index in [4.69, 9.17) is 11.1 Å². The molecule has 0 bridgehead atoms. The van der Waals surface area contributed by atoms with Crippen molar-refractivity contribution in [3.63, 3.8) is 0 Å². The summed E-state index contributed by atoms with van der Waals surface area (Å²) in [6, 6.07) is 25.9. The molecule has 36 heavy (non-hydrogen) atoms. The number of carbonyl (C=O) groups is 1. The standard InChI is InChI=1S/C27H22N4O4S/c28-26(29)19-11-10-18-15-25(30-27(32)33)31(24(18)14-19)16-20-13-22(12-17-6-4-5-9-23(17)20)36(34,35)21-7-2-1-3-8-21/h1-15,30H,16H2,(H3,28,29)(H,32,33). The summed E-state index contributed by atoms with van der Waals surface area (Å²) in [6.45, 7) is 0.180. The lowest BCUT2D eigenvalue weighted by atomic mass is 10.0. The van der Waals surface area contributed by atoms with Crippen molar-refractivity contribution in [2.24, 2.45) is 5.73 Å². The number of amides is 1. The van der Waals surface area contributed by atoms with Gasteiger partial charge in [-0.2, -0.15) is 0 Å². The SMILES string of the molecule is N=C(N)c1ccc2cc(NC(=O)O)n(Cc3cc(S(=O)(=O)c4ccccc4)cc4ccccc34)c2c1. The van der Waals surface area contributed by atoms with Gasteiger partial charge in [-0.15, -0.1) is 0 Å². The Morgan fingerprint density at radius 2 is 1.61 bits per heavy atom. The van der Waals surface area contributed by atoms with E-state index in [9.17, 15) is 18.3 Å². The highest BCUT2D eigenvalue weighted by atomic mass is 32.2. The van der Waals surface area contributed by atoms with E-state index in [1.165, 1.54) is 0 Å². The molecule has 0 unspecified atom stereocenters. The predicted molar refractivity (Wildman–Crippen MR) is 140 cm³/mol. The van der Waals surface area contributed by atoms with Gasteiger partial charge in [0.15, 0.2) is 0 Å². The Morgan fingerprint density at radius 3 is 2.33 bits per heavy atom. The quantitative estimate of drug-likeness (QED) is 0.192. The highest BCUT2D eigenvalue weighted by Crippen LogP contribution is 2.31. The largest absolute Gasteiger partial charge is 0.465 e. The third-order valence-electron chi connectivity index (χ3n) is 6.06. The number of aromatic nitrogens is 1. The van der Waals surface area contributed by atoms with Gasteiger partial charge in [0.2, 0.25) is 9.84 Å². The van der Waals surface area contributed by atoms with Crippen molar-refractivity contribution in [3.05, 3.63) is 102 Å². The number of sulfone groups is 1. The van der Waals surface area contributed by atoms with Gasteiger partial charge in [0.1, 0.15) is 11.7 Å². The van der Waals surface area contributed by atoms with Crippen LogP contribution in [0, 0.1) is 5.41 Å². The summed E-state index contributed by atoms with van der Waals surface area (Å²) in [6.07, 6.45) is -1.23. The van der Waals surface area contributed by atoms with Gasteiger partial charge >= 0.3 is 6.09 Å². The summed E-state index contributed by atoms with van der Waals surface area (Å²) in [7, 11) is -3.79. The van der Waals surface area contributed by atoms with E-state index < -0.39 is 15.9 Å². The number of nitrogen functional groups attached to an aromatic ring is 1. The Bertz CT molecular complexity index is 1760. The number of nitrogens with two attached hydrogens (primary N) is 1. The third-order valence-corrected chi connectivity index (χ3v) is 7.81. The molecule has 0 aliphatic rings. The Morgan fingerprint density at radius 1 is 0.889 bits per heavy atom. The molecule has 0 aliphatic carbocycles. The van der Waals surface area contributed by atoms with Crippen LogP contribution in [0.25, 0.3) is 21.7 Å². The van der Waals surface area contributed by atoms with Crippen molar-refractivity contribution in [1.82, 2.24) is 4.57 Å². The van der Waals surface area contributed by atoms with E-state index in [-0.39, 0.29) is 22.2 Å². The number of nitrogens with zero attached hydrogens (tertiary/aromatic N) is 1. The Kier molecular flexibility index (Phi) is 5.69. The third kappa shape index (κ3) is 4.16. The maximum absolute atomic E-state index is 13.4. The van der Waals surface area contributed by atoms with Crippen molar-refractivity contribution in [1.29, 1.82) is 5.41 Å². The zero-order valence-corrected chi connectivity index (χ0v) is 19.8. The van der Waals surface area contributed by atoms with Crippen LogP contribution in [0.5, 0.6) is 0 Å². The lowest BCUT2D eigenvalue weighted by Crippen LogP contribution is -2.14. The maximum Gasteiger partial charge on any atom is 0.410 e. The van der Waals surface area contributed by atoms with Crippen LogP contribution in [-0.2, 0) is 16.4 Å². The van der Waals surface area contributed by atoms with Crippen LogP contribution in [0.15, 0.2) is 101 Å². The molecule has 1 aromatic heterocycles. The van der Waals surface area contributed by atoms with Crippen LogP contribution in [0.2, 0.25) is 0 Å². The van der Waals surface area contributed by atoms with E-state index in [0.717, 1.165) is 16.2 Å². The van der Waals surface area contributed by atoms with Crippen molar-refractivity contribution in [3.8, 4) is 0 Å². The number of fused-ring (bicyclic) bond motifs is 2. The molecule has 0 fully saturated rings. The van der Waals surface area contributed by atoms with E-state index in [1.807, 2.05) is 24.3 Å². The summed E-state index contributed by atoms with van der Waals surface area (Å²) < 4.78 is 28.6. The Hall–Kier alpha value is -4.63. The zero-order chi connectivity index (χ0) is 25.4. The number of anilines is 1. The fourth-order valence-electron chi connectivity index (χ4n) is 4.36. The van der Waals surface area contributed by atoms with E-state index in [2.05, 4.69) is 5.32 Å². The topological polar surface area (TPSA) is 138 Å². The Balaban J connectivity index is 1.73. The number of benzene rings is 4. The first kappa shape index (κ1) is 23.1. The van der Waals surface area contributed by atoms with Gasteiger partial charge in [-0.25, -0.2) is 13.2 Å². The molecule has 0 atom stereocenters. The fourth-order valence-corrected chi connectivity index (χ4v) is 5.72. The van der Waals surface area contributed by atoms with Crippen LogP contribution in [0.3, 0.4) is 0 Å². The molecular formula is C27H22N4O4S. The lowest BCUT2D eigenvalue weighted by molar-refractivity contribution is 0.209. The van der Waals surface area contributed by atoms with Crippen molar-refractivity contribution >= 4 is 49.3 Å². The molecule has 5 N–H and O–H groups in total. The van der Waals surface area contributed by atoms with Gasteiger partial charge in [0.25, 0.3) is 0 Å². The minimum atomic E-state index is -3.79. The molecule has 1 heterocycles. The molecule has 0 spiro atoms. The van der Waals surface area contributed by atoms with Crippen LogP contribution in [0.4, 0.5) is 10.6 Å². The average molecular weight is 499 g/mol. The number of carboxylic acid groups (broad SMARTS) is 1. The molecule has 4 aromatic carbocycles. The first-order valence-electron chi connectivity index (χ1n) is 11.0. The van der Waals surface area contributed by atoms with Gasteiger partial charge in [0, 0.05) is 10.9 Å². The van der Waals surface area contributed by atoms with Crippen LogP contribution < -0.4 is 11.1 Å². The molecule has 0 aliphatic heterocycles. The number of hydrogen-bond acceptors (Lipinski definition) is 4. The van der Waals surface area contributed by atoms with Crippen molar-refractivity contribution in [2.45, 2.75) is 16.3 Å². The maximum atomic E-state index is 13.4. The normalized spacial score (nSPS) is 11.6. The molecule has 5 rings (SSSR count). The lowest BCUT2D eigenvalue weighted by Gasteiger charge is -2.15. The van der Waals surface area contributed by atoms with Gasteiger partial charge in [-0.1, -0.05) is 54.6 Å². The van der Waals surface area contributed by atoms with E-state index in [1.54, 1.807) is 71.3 Å². The van der Waals surface area contributed by atoms with Crippen molar-refractivity contribution < 1.29 is 18.3 Å². The second kappa shape index (κ2) is 8.86. The van der Waals surface area contributed by atoms with E-state index >= 15 is 0 Å². The number of hydrogen-bond donors (Lipinski definition) is 4. The minimum Gasteiger partial charge on any atom is -0.465 e. The summed E-state index contributed by atoms with van der Waals surface area (Å²) in [5.41, 5.74) is 7.54. The zero-order valence-electron chi connectivity index (χ0n) is 19.0. The molecule has 9 heteroatoms. The number of rotatable bonds is 6. The molecule has 0 saturated heterocycles. The van der Waals surface area contributed by atoms with Crippen molar-refractivity contribution in [2.75, 3.05) is 5.32 Å². The molecule has 8 nitrogen and oxygen atoms in total. The first-order chi connectivity index (χ1) is 17.2. The summed E-state index contributed by atoms with van der Waals surface area (Å²) >= 11 is 0. The minimum absolute atomic E-state index is 0.112. The molecule has 0 saturated carbocycles. The number of nitrogens with one attached hydrogen (secondary N) is 2. The van der Waals surface area contributed by atoms with Gasteiger partial charge in [-0.05, 0) is 52.7 Å². The second-order valence-corrected chi connectivity index (χ2v) is 10.3. The molecule has 0 radical (unpaired) electrons. The number of amidine groups is 1. The van der Waals surface area contributed by atoms with Crippen LogP contribution >= 0.6 is 0 Å². The van der Waals surface area contributed by atoms with Gasteiger partial charge < -0.3 is 15.4 Å². The average Bonchev–Trinajstić information content (AvgIpc) is 3.19. The second-order valence-electron chi connectivity index (χ2n) is 8.35. The highest BCUT2D eigenvalue weighted by molar-refractivity contribution is 7.91. The smallest absolute Gasteiger partial charge is 0.410 e. The molecule has 1 amide bonds. The van der Waals surface area contributed by atoms with Gasteiger partial charge in [0.05, 0.1) is 21.9 Å². The molecule has 180 valence electrons. The van der Waals surface area contributed by atoms with Crippen LogP contribution in [0.1, 0.15) is 11.1 Å². The summed E-state index contributed by atoms with van der Waals surface area (Å²) in [4.78, 5) is 11.9. The first-order valence-corrected chi connectivity index (χ1v) is 12.5. The fraction of sp³-hybridized carbons (Fsp3) is 0.0370.